The predicted molar refractivity (Wildman–Crippen MR) is 79.2 cm³/mol. The molecule has 1 atom stereocenters. The highest BCUT2D eigenvalue weighted by Crippen LogP contribution is 2.47. The Kier molecular flexibility index (Phi) is 3.78. The number of para-hydroxylation sites is 1. The van der Waals surface area contributed by atoms with Gasteiger partial charge in [-0.15, -0.1) is 11.8 Å². The minimum Gasteiger partial charge on any atom is -0.493 e. The van der Waals surface area contributed by atoms with E-state index in [9.17, 15) is 4.79 Å². The van der Waals surface area contributed by atoms with E-state index in [1.165, 1.54) is 0 Å². The molecule has 1 heterocycles. The lowest BCUT2D eigenvalue weighted by Gasteiger charge is -2.26. The van der Waals surface area contributed by atoms with Crippen LogP contribution in [-0.4, -0.2) is 37.3 Å². The van der Waals surface area contributed by atoms with Crippen LogP contribution in [0, 0.1) is 5.92 Å². The summed E-state index contributed by atoms with van der Waals surface area (Å²) in [5, 5.41) is 0.0492. The van der Waals surface area contributed by atoms with Crippen LogP contribution in [0.2, 0.25) is 0 Å². The molecule has 1 aromatic rings. The van der Waals surface area contributed by atoms with E-state index in [1.807, 2.05) is 23.1 Å². The van der Waals surface area contributed by atoms with Crippen LogP contribution in [0.15, 0.2) is 18.2 Å². The van der Waals surface area contributed by atoms with Crippen molar-refractivity contribution >= 4 is 17.7 Å². The molecule has 1 aliphatic carbocycles. The molecule has 0 bridgehead atoms. The highest BCUT2D eigenvalue weighted by molar-refractivity contribution is 7.99. The van der Waals surface area contributed by atoms with Crippen molar-refractivity contribution in [3.63, 3.8) is 0 Å². The van der Waals surface area contributed by atoms with Gasteiger partial charge in [0, 0.05) is 23.8 Å². The molecule has 0 aromatic heterocycles. The Labute approximate surface area is 123 Å². The zero-order valence-electron chi connectivity index (χ0n) is 11.8. The number of rotatable bonds is 4. The van der Waals surface area contributed by atoms with Crippen LogP contribution in [0.25, 0.3) is 0 Å². The van der Waals surface area contributed by atoms with Gasteiger partial charge in [-0.2, -0.15) is 0 Å². The normalized spacial score (nSPS) is 21.9. The number of hydrogen-bond donors (Lipinski definition) is 0. The van der Waals surface area contributed by atoms with Crippen LogP contribution in [0.4, 0.5) is 0 Å². The van der Waals surface area contributed by atoms with Crippen molar-refractivity contribution in [2.45, 2.75) is 18.2 Å². The third kappa shape index (κ3) is 2.35. The van der Waals surface area contributed by atoms with Gasteiger partial charge in [0.1, 0.15) is 5.37 Å². The Balaban J connectivity index is 1.92. The molecular formula is C15H19NO3S. The molecule has 0 radical (unpaired) electrons. The molecule has 0 unspecified atom stereocenters. The van der Waals surface area contributed by atoms with E-state index >= 15 is 0 Å². The smallest absolute Gasteiger partial charge is 0.226 e. The number of methoxy groups -OCH3 is 2. The molecule has 1 amide bonds. The average Bonchev–Trinajstić information content (AvgIpc) is 3.22. The molecule has 1 aliphatic heterocycles. The van der Waals surface area contributed by atoms with Gasteiger partial charge in [0.15, 0.2) is 11.5 Å². The number of benzene rings is 1. The first-order valence-corrected chi connectivity index (χ1v) is 7.94. The average molecular weight is 293 g/mol. The maximum Gasteiger partial charge on any atom is 0.226 e. The molecule has 5 heteroatoms. The second kappa shape index (κ2) is 5.56. The van der Waals surface area contributed by atoms with Crippen molar-refractivity contribution in [3.05, 3.63) is 23.8 Å². The Bertz CT molecular complexity index is 516. The van der Waals surface area contributed by atoms with E-state index in [4.69, 9.17) is 9.47 Å². The monoisotopic (exact) mass is 293 g/mol. The van der Waals surface area contributed by atoms with Crippen LogP contribution in [0.1, 0.15) is 23.8 Å². The van der Waals surface area contributed by atoms with E-state index in [0.717, 1.165) is 42.2 Å². The highest BCUT2D eigenvalue weighted by Gasteiger charge is 2.40. The first-order chi connectivity index (χ1) is 9.76. The second-order valence-corrected chi connectivity index (χ2v) is 6.30. The molecule has 4 nitrogen and oxygen atoms in total. The fraction of sp³-hybridized carbons (Fsp3) is 0.533. The summed E-state index contributed by atoms with van der Waals surface area (Å²) in [6.45, 7) is 0.824. The van der Waals surface area contributed by atoms with Crippen molar-refractivity contribution in [1.29, 1.82) is 0 Å². The summed E-state index contributed by atoms with van der Waals surface area (Å²) in [6.07, 6.45) is 2.09. The van der Waals surface area contributed by atoms with Crippen molar-refractivity contribution in [2.75, 3.05) is 26.5 Å². The second-order valence-electron chi connectivity index (χ2n) is 5.11. The number of thioether (sulfide) groups is 1. The number of ether oxygens (including phenoxy) is 2. The fourth-order valence-electron chi connectivity index (χ4n) is 2.62. The maximum absolute atomic E-state index is 12.4. The summed E-state index contributed by atoms with van der Waals surface area (Å²) >= 11 is 1.80. The minimum atomic E-state index is 0.0492. The van der Waals surface area contributed by atoms with Gasteiger partial charge in [0.2, 0.25) is 5.91 Å². The molecule has 2 aliphatic rings. The van der Waals surface area contributed by atoms with Gasteiger partial charge >= 0.3 is 0 Å². The van der Waals surface area contributed by atoms with Gasteiger partial charge in [0.25, 0.3) is 0 Å². The standard InChI is InChI=1S/C15H19NO3S/c1-18-12-5-3-4-11(13(12)19-2)15-16(8-9-20-15)14(17)10-6-7-10/h3-5,10,15H,6-9H2,1-2H3/t15-/m0/s1. The third-order valence-electron chi connectivity index (χ3n) is 3.80. The lowest BCUT2D eigenvalue weighted by molar-refractivity contribution is -0.132. The first kappa shape index (κ1) is 13.6. The first-order valence-electron chi connectivity index (χ1n) is 6.89. The number of hydrogen-bond acceptors (Lipinski definition) is 4. The zero-order chi connectivity index (χ0) is 14.1. The van der Waals surface area contributed by atoms with Gasteiger partial charge in [-0.3, -0.25) is 4.79 Å². The van der Waals surface area contributed by atoms with Crippen molar-refractivity contribution in [3.8, 4) is 11.5 Å². The molecule has 1 saturated heterocycles. The topological polar surface area (TPSA) is 38.8 Å². The predicted octanol–water partition coefficient (Wildman–Crippen LogP) is 2.69. The molecular weight excluding hydrogens is 274 g/mol. The molecule has 1 saturated carbocycles. The molecule has 3 rings (SSSR count). The lowest BCUT2D eigenvalue weighted by Crippen LogP contribution is -2.31. The minimum absolute atomic E-state index is 0.0492. The van der Waals surface area contributed by atoms with Crippen LogP contribution in [0.5, 0.6) is 11.5 Å². The van der Waals surface area contributed by atoms with Crippen LogP contribution in [-0.2, 0) is 4.79 Å². The number of amides is 1. The highest BCUT2D eigenvalue weighted by atomic mass is 32.2. The molecule has 20 heavy (non-hydrogen) atoms. The fourth-order valence-corrected chi connectivity index (χ4v) is 3.90. The van der Waals surface area contributed by atoms with Crippen LogP contribution in [0.3, 0.4) is 0 Å². The molecule has 108 valence electrons. The number of carbonyl (C=O) groups is 1. The van der Waals surface area contributed by atoms with Crippen LogP contribution >= 0.6 is 11.8 Å². The summed E-state index contributed by atoms with van der Waals surface area (Å²) in [5.74, 6) is 2.99. The van der Waals surface area contributed by atoms with Crippen molar-refractivity contribution < 1.29 is 14.3 Å². The zero-order valence-corrected chi connectivity index (χ0v) is 12.6. The lowest BCUT2D eigenvalue weighted by atomic mass is 10.1. The Morgan fingerprint density at radius 1 is 1.30 bits per heavy atom. The molecule has 0 N–H and O–H groups in total. The molecule has 0 spiro atoms. The number of carbonyl (C=O) groups excluding carboxylic acids is 1. The third-order valence-corrected chi connectivity index (χ3v) is 5.04. The Morgan fingerprint density at radius 2 is 2.10 bits per heavy atom. The van der Waals surface area contributed by atoms with Gasteiger partial charge in [-0.25, -0.2) is 0 Å². The summed E-state index contributed by atoms with van der Waals surface area (Å²) in [7, 11) is 3.28. The molecule has 1 aromatic carbocycles. The van der Waals surface area contributed by atoms with Gasteiger partial charge in [-0.05, 0) is 18.9 Å². The Morgan fingerprint density at radius 3 is 2.75 bits per heavy atom. The summed E-state index contributed by atoms with van der Waals surface area (Å²) < 4.78 is 10.9. The quantitative estimate of drug-likeness (QED) is 0.855. The van der Waals surface area contributed by atoms with Gasteiger partial charge < -0.3 is 14.4 Å². The summed E-state index contributed by atoms with van der Waals surface area (Å²) in [5.41, 5.74) is 1.03. The number of nitrogens with zero attached hydrogens (tertiary/aromatic N) is 1. The van der Waals surface area contributed by atoms with E-state index in [0.29, 0.717) is 5.91 Å². The summed E-state index contributed by atoms with van der Waals surface area (Å²) in [6, 6.07) is 5.86. The Hall–Kier alpha value is -1.36. The van der Waals surface area contributed by atoms with E-state index in [-0.39, 0.29) is 11.3 Å². The van der Waals surface area contributed by atoms with Crippen LogP contribution < -0.4 is 9.47 Å². The SMILES string of the molecule is COc1cccc([C@@H]2SCCN2C(=O)C2CC2)c1OC. The van der Waals surface area contributed by atoms with Gasteiger partial charge in [0.05, 0.1) is 14.2 Å². The van der Waals surface area contributed by atoms with Crippen molar-refractivity contribution in [1.82, 2.24) is 4.90 Å². The van der Waals surface area contributed by atoms with E-state index < -0.39 is 0 Å². The molecule has 2 fully saturated rings. The largest absolute Gasteiger partial charge is 0.493 e. The van der Waals surface area contributed by atoms with Crippen molar-refractivity contribution in [2.24, 2.45) is 5.92 Å². The summed E-state index contributed by atoms with van der Waals surface area (Å²) in [4.78, 5) is 14.4. The van der Waals surface area contributed by atoms with E-state index in [2.05, 4.69) is 0 Å². The van der Waals surface area contributed by atoms with Gasteiger partial charge in [-0.1, -0.05) is 12.1 Å². The maximum atomic E-state index is 12.4. The van der Waals surface area contributed by atoms with E-state index in [1.54, 1.807) is 26.0 Å².